The number of thiazole rings is 1. The summed E-state index contributed by atoms with van der Waals surface area (Å²) in [4.78, 5) is 14.3. The highest BCUT2D eigenvalue weighted by Gasteiger charge is 2.14. The molecular weight excluding hydrogens is 260 g/mol. The van der Waals surface area contributed by atoms with Crippen LogP contribution in [0, 0.1) is 0 Å². The first-order chi connectivity index (χ1) is 9.24. The molecule has 0 spiro atoms. The van der Waals surface area contributed by atoms with Crippen molar-refractivity contribution in [3.63, 3.8) is 0 Å². The van der Waals surface area contributed by atoms with Gasteiger partial charge in [0.1, 0.15) is 11.5 Å². The zero-order chi connectivity index (χ0) is 13.2. The number of nitrogens with zero attached hydrogens (tertiary/aromatic N) is 2. The third-order valence-corrected chi connectivity index (χ3v) is 3.51. The average Bonchev–Trinajstić information content (AvgIpc) is 2.98. The van der Waals surface area contributed by atoms with Gasteiger partial charge in [0, 0.05) is 11.1 Å². The first-order valence-corrected chi connectivity index (χ1v) is 6.43. The summed E-state index contributed by atoms with van der Waals surface area (Å²) in [5.41, 5.74) is 8.33. The Morgan fingerprint density at radius 1 is 1.26 bits per heavy atom. The molecule has 6 heteroatoms. The number of nitrogen functional groups attached to an aromatic ring is 1. The molecule has 5 nitrogen and oxygen atoms in total. The second-order valence-electron chi connectivity index (χ2n) is 3.95. The van der Waals surface area contributed by atoms with Crippen LogP contribution in [-0.4, -0.2) is 16.9 Å². The molecule has 94 valence electrons. The van der Waals surface area contributed by atoms with E-state index in [0.717, 1.165) is 28.2 Å². The molecule has 0 amide bonds. The highest BCUT2D eigenvalue weighted by Crippen LogP contribution is 2.20. The van der Waals surface area contributed by atoms with Crippen LogP contribution in [0.2, 0.25) is 0 Å². The van der Waals surface area contributed by atoms with Crippen molar-refractivity contribution in [2.24, 2.45) is 10.2 Å². The van der Waals surface area contributed by atoms with Crippen molar-refractivity contribution in [1.82, 2.24) is 4.98 Å². The number of aromatic nitrogens is 1. The van der Waals surface area contributed by atoms with E-state index in [0.29, 0.717) is 10.7 Å². The fourth-order valence-electron chi connectivity index (χ4n) is 1.79. The molecule has 2 aromatic rings. The van der Waals surface area contributed by atoms with E-state index in [1.54, 1.807) is 6.21 Å². The van der Waals surface area contributed by atoms with Gasteiger partial charge in [0.15, 0.2) is 0 Å². The topological polar surface area (TPSA) is 83.6 Å². The molecule has 3 rings (SSSR count). The number of rotatable bonds is 2. The summed E-state index contributed by atoms with van der Waals surface area (Å²) < 4.78 is 0. The van der Waals surface area contributed by atoms with Gasteiger partial charge in [0.25, 0.3) is 0 Å². The van der Waals surface area contributed by atoms with Crippen LogP contribution in [0.1, 0.15) is 10.4 Å². The van der Waals surface area contributed by atoms with Gasteiger partial charge in [-0.25, -0.2) is 0 Å². The standard InChI is InChI=1S/C13H10N4OS/c14-12-10(19-13(18)16-12)6-9-7-15-17-11(9)8-4-2-1-3-5-8/h1-7H,14H2,(H,16,18). The summed E-state index contributed by atoms with van der Waals surface area (Å²) >= 11 is 1.07. The SMILES string of the molecule is Nc1[nH]c(=O)sc1C=C1C=NN=C1c1ccccc1. The van der Waals surface area contributed by atoms with Gasteiger partial charge in [-0.15, -0.1) is 5.10 Å². The predicted molar refractivity (Wildman–Crippen MR) is 78.8 cm³/mol. The molecule has 0 fully saturated rings. The van der Waals surface area contributed by atoms with Gasteiger partial charge in [-0.1, -0.05) is 41.7 Å². The number of aromatic amines is 1. The van der Waals surface area contributed by atoms with Crippen molar-refractivity contribution in [2.45, 2.75) is 0 Å². The Balaban J connectivity index is 2.02. The largest absolute Gasteiger partial charge is 0.384 e. The molecular formula is C13H10N4OS. The number of nitrogens with two attached hydrogens (primary N) is 1. The monoisotopic (exact) mass is 270 g/mol. The summed E-state index contributed by atoms with van der Waals surface area (Å²) in [6.45, 7) is 0. The number of H-pyrrole nitrogens is 1. The fourth-order valence-corrected chi connectivity index (χ4v) is 2.50. The normalized spacial score (nSPS) is 16.0. The minimum Gasteiger partial charge on any atom is -0.384 e. The molecule has 1 aromatic heterocycles. The molecule has 0 unspecified atom stereocenters. The highest BCUT2D eigenvalue weighted by molar-refractivity contribution is 7.10. The number of hydrogen-bond acceptors (Lipinski definition) is 5. The molecule has 0 aliphatic carbocycles. The first-order valence-electron chi connectivity index (χ1n) is 5.61. The molecule has 0 atom stereocenters. The summed E-state index contributed by atoms with van der Waals surface area (Å²) in [7, 11) is 0. The Morgan fingerprint density at radius 3 is 2.74 bits per heavy atom. The van der Waals surface area contributed by atoms with Crippen LogP contribution in [0.4, 0.5) is 5.82 Å². The molecule has 0 saturated carbocycles. The third kappa shape index (κ3) is 2.25. The second-order valence-corrected chi connectivity index (χ2v) is 4.97. The highest BCUT2D eigenvalue weighted by atomic mass is 32.1. The lowest BCUT2D eigenvalue weighted by Gasteiger charge is -2.01. The predicted octanol–water partition coefficient (Wildman–Crippen LogP) is 1.89. The Labute approximate surface area is 112 Å². The smallest absolute Gasteiger partial charge is 0.306 e. The van der Waals surface area contributed by atoms with E-state index in [9.17, 15) is 4.79 Å². The first kappa shape index (κ1) is 11.6. The van der Waals surface area contributed by atoms with Crippen LogP contribution in [-0.2, 0) is 0 Å². The maximum Gasteiger partial charge on any atom is 0.306 e. The number of hydrogen-bond donors (Lipinski definition) is 2. The molecule has 2 heterocycles. The lowest BCUT2D eigenvalue weighted by atomic mass is 10.0. The van der Waals surface area contributed by atoms with Crippen LogP contribution >= 0.6 is 11.3 Å². The molecule has 0 saturated heterocycles. The Bertz CT molecular complexity index is 752. The molecule has 19 heavy (non-hydrogen) atoms. The average molecular weight is 270 g/mol. The molecule has 1 aliphatic heterocycles. The van der Waals surface area contributed by atoms with Gasteiger partial charge >= 0.3 is 4.87 Å². The van der Waals surface area contributed by atoms with Crippen molar-refractivity contribution in [1.29, 1.82) is 0 Å². The maximum absolute atomic E-state index is 11.2. The van der Waals surface area contributed by atoms with Crippen molar-refractivity contribution in [3.05, 3.63) is 56.0 Å². The number of nitrogens with one attached hydrogen (secondary N) is 1. The lowest BCUT2D eigenvalue weighted by Crippen LogP contribution is -2.02. The van der Waals surface area contributed by atoms with Crippen molar-refractivity contribution in [3.8, 4) is 0 Å². The van der Waals surface area contributed by atoms with E-state index in [-0.39, 0.29) is 4.87 Å². The van der Waals surface area contributed by atoms with E-state index < -0.39 is 0 Å². The van der Waals surface area contributed by atoms with Crippen LogP contribution < -0.4 is 10.6 Å². The van der Waals surface area contributed by atoms with E-state index in [2.05, 4.69) is 15.2 Å². The molecule has 1 aromatic carbocycles. The van der Waals surface area contributed by atoms with Gasteiger partial charge in [-0.2, -0.15) is 5.10 Å². The van der Waals surface area contributed by atoms with Gasteiger partial charge in [-0.05, 0) is 6.08 Å². The second kappa shape index (κ2) is 4.66. The summed E-state index contributed by atoms with van der Waals surface area (Å²) in [6, 6.07) is 9.75. The summed E-state index contributed by atoms with van der Waals surface area (Å²) in [6.07, 6.45) is 3.48. The number of anilines is 1. The van der Waals surface area contributed by atoms with E-state index >= 15 is 0 Å². The minimum atomic E-state index is -0.169. The molecule has 1 aliphatic rings. The van der Waals surface area contributed by atoms with Gasteiger partial charge in [0.05, 0.1) is 11.1 Å². The van der Waals surface area contributed by atoms with Crippen LogP contribution in [0.3, 0.4) is 0 Å². The Kier molecular flexibility index (Phi) is 2.85. The molecule has 0 radical (unpaired) electrons. The van der Waals surface area contributed by atoms with Gasteiger partial charge < -0.3 is 5.73 Å². The Hall–Kier alpha value is -2.47. The quantitative estimate of drug-likeness (QED) is 0.873. The third-order valence-electron chi connectivity index (χ3n) is 2.67. The van der Waals surface area contributed by atoms with E-state index in [1.165, 1.54) is 0 Å². The maximum atomic E-state index is 11.2. The number of allylic oxidation sites excluding steroid dienone is 1. The molecule has 0 bridgehead atoms. The van der Waals surface area contributed by atoms with Gasteiger partial charge in [0.2, 0.25) is 0 Å². The van der Waals surface area contributed by atoms with Crippen molar-refractivity contribution < 1.29 is 0 Å². The van der Waals surface area contributed by atoms with Crippen molar-refractivity contribution >= 4 is 35.2 Å². The van der Waals surface area contributed by atoms with Crippen LogP contribution in [0.25, 0.3) is 6.08 Å². The van der Waals surface area contributed by atoms with Crippen LogP contribution in [0.15, 0.2) is 50.9 Å². The van der Waals surface area contributed by atoms with Crippen LogP contribution in [0.5, 0.6) is 0 Å². The lowest BCUT2D eigenvalue weighted by molar-refractivity contribution is 1.28. The van der Waals surface area contributed by atoms with E-state index in [1.807, 2.05) is 36.4 Å². The zero-order valence-corrected chi connectivity index (χ0v) is 10.6. The van der Waals surface area contributed by atoms with E-state index in [4.69, 9.17) is 5.73 Å². The fraction of sp³-hybridized carbons (Fsp3) is 0. The molecule has 3 N–H and O–H groups in total. The number of benzene rings is 1. The summed E-state index contributed by atoms with van der Waals surface area (Å²) in [5.74, 6) is 0.371. The Morgan fingerprint density at radius 2 is 2.05 bits per heavy atom. The van der Waals surface area contributed by atoms with Crippen molar-refractivity contribution in [2.75, 3.05) is 5.73 Å². The summed E-state index contributed by atoms with van der Waals surface area (Å²) in [5, 5.41) is 8.04. The van der Waals surface area contributed by atoms with Gasteiger partial charge in [-0.3, -0.25) is 9.78 Å². The minimum absolute atomic E-state index is 0.169. The zero-order valence-electron chi connectivity index (χ0n) is 9.83.